The number of fused-ring (bicyclic) bond motifs is 5. The van der Waals surface area contributed by atoms with Crippen molar-refractivity contribution in [1.29, 1.82) is 0 Å². The number of aromatic amines is 1. The van der Waals surface area contributed by atoms with Gasteiger partial charge >= 0.3 is 0 Å². The first-order chi connectivity index (χ1) is 33.6. The van der Waals surface area contributed by atoms with E-state index < -0.39 is 0 Å². The molecule has 0 unspecified atom stereocenters. The summed E-state index contributed by atoms with van der Waals surface area (Å²) in [6.45, 7) is 18.2. The number of nitrogens with one attached hydrogen (secondary N) is 2. The maximum atomic E-state index is 9.93. The first kappa shape index (κ1) is 51.2. The number of carbonyl (C=O) groups is 1. The number of benzene rings is 8. The molecule has 0 spiro atoms. The van der Waals surface area contributed by atoms with Gasteiger partial charge in [0.2, 0.25) is 5.91 Å². The molecule has 2 aromatic heterocycles. The third-order valence-corrected chi connectivity index (χ3v) is 12.5. The lowest BCUT2D eigenvalue weighted by Gasteiger charge is -2.06. The minimum absolute atomic E-state index is 0.0394. The van der Waals surface area contributed by atoms with Gasteiger partial charge in [0.1, 0.15) is 5.82 Å². The van der Waals surface area contributed by atoms with E-state index in [2.05, 4.69) is 244 Å². The molecule has 69 heavy (non-hydrogen) atoms. The number of imidazole rings is 1. The second-order valence-electron chi connectivity index (χ2n) is 18.1. The lowest BCUT2D eigenvalue weighted by atomic mass is 9.99. The summed E-state index contributed by atoms with van der Waals surface area (Å²) < 4.78 is 2.25. The van der Waals surface area contributed by atoms with Crippen LogP contribution in [0.15, 0.2) is 194 Å². The van der Waals surface area contributed by atoms with Gasteiger partial charge in [0.25, 0.3) is 0 Å². The molecule has 2 heterocycles. The van der Waals surface area contributed by atoms with E-state index in [1.165, 1.54) is 80.0 Å². The quantitative estimate of drug-likeness (QED) is 0.175. The summed E-state index contributed by atoms with van der Waals surface area (Å²) in [7, 11) is 0. The van der Waals surface area contributed by atoms with Gasteiger partial charge in [-0.1, -0.05) is 204 Å². The Morgan fingerprint density at radius 3 is 1.87 bits per heavy atom. The molecule has 1 amide bonds. The number of rotatable bonds is 6. The first-order valence-corrected chi connectivity index (χ1v) is 24.9. The molecule has 1 aliphatic rings. The third kappa shape index (κ3) is 14.9. The highest BCUT2D eigenvalue weighted by Gasteiger charge is 2.15. The van der Waals surface area contributed by atoms with Crippen molar-refractivity contribution >= 4 is 49.4 Å². The second-order valence-corrected chi connectivity index (χ2v) is 18.1. The Kier molecular flexibility index (Phi) is 19.5. The molecule has 0 atom stereocenters. The third-order valence-electron chi connectivity index (χ3n) is 12.5. The van der Waals surface area contributed by atoms with E-state index in [0.717, 1.165) is 43.2 Å². The van der Waals surface area contributed by atoms with Crippen molar-refractivity contribution in [2.45, 2.75) is 93.5 Å². The maximum Gasteiger partial charge on any atom is 0.216 e. The predicted octanol–water partition coefficient (Wildman–Crippen LogP) is 16.1. The van der Waals surface area contributed by atoms with Crippen molar-refractivity contribution < 1.29 is 4.79 Å². The number of nitrogens with zero attached hydrogens (tertiary/aromatic N) is 2. The number of para-hydroxylation sites is 3. The number of hydrogen-bond donors (Lipinski definition) is 2. The molecule has 11 rings (SSSR count). The molecule has 8 aromatic carbocycles. The molecule has 0 bridgehead atoms. The summed E-state index contributed by atoms with van der Waals surface area (Å²) in [6, 6.07) is 66.1. The van der Waals surface area contributed by atoms with Crippen LogP contribution in [0.5, 0.6) is 0 Å². The van der Waals surface area contributed by atoms with Gasteiger partial charge in [-0.15, -0.1) is 0 Å². The fourth-order valence-electron chi connectivity index (χ4n) is 8.78. The van der Waals surface area contributed by atoms with Crippen molar-refractivity contribution in [2.75, 3.05) is 6.54 Å². The Bertz CT molecular complexity index is 3090. The summed E-state index contributed by atoms with van der Waals surface area (Å²) in [6.07, 6.45) is 6.88. The van der Waals surface area contributed by atoms with E-state index in [0.29, 0.717) is 5.92 Å². The second kappa shape index (κ2) is 26.3. The molecule has 0 fully saturated rings. The lowest BCUT2D eigenvalue weighted by molar-refractivity contribution is -0.118. The topological polar surface area (TPSA) is 62.7 Å². The van der Waals surface area contributed by atoms with Gasteiger partial charge in [-0.2, -0.15) is 0 Å². The van der Waals surface area contributed by atoms with Crippen LogP contribution in [-0.2, 0) is 37.0 Å². The molecule has 0 radical (unpaired) electrons. The number of H-pyrrole nitrogens is 1. The summed E-state index contributed by atoms with van der Waals surface area (Å²) >= 11 is 0. The summed E-state index contributed by atoms with van der Waals surface area (Å²) in [5.74, 6) is 2.59. The average molecular weight is 913 g/mol. The standard InChI is InChI=1S/C15H14N2.C13H14.C12H12.C10H11N.C10H12.C4H9NO/c1-12-16-14-9-5-6-10-15(14)17(12)11-13-7-3-2-4-8-13;1-10(2)12-8-7-11-5-3-4-6-13(11)9-12;1-2-10-7-5-8-11-6-3-4-9-12(10)11;1-2-8-7-11-10-6-4-3-5-9(8)10;1-8-6-9-4-2-3-5-10(9)7-8;1-3-5-4(2)6/h2-10H,11H2,1H3;3-10H,1-2H3;3-9H,2H2,1H3;3-7,11H,2H2,1H3;2-5,8H,6-7H2,1H3;3H2,1-2H3,(H,5,6). The number of aryl methyl sites for hydroxylation is 3. The van der Waals surface area contributed by atoms with Crippen molar-refractivity contribution in [2.24, 2.45) is 5.92 Å². The van der Waals surface area contributed by atoms with Gasteiger partial charge in [0.05, 0.1) is 11.0 Å². The highest BCUT2D eigenvalue weighted by atomic mass is 16.1. The van der Waals surface area contributed by atoms with Gasteiger partial charge in [-0.25, -0.2) is 4.98 Å². The van der Waals surface area contributed by atoms with Crippen LogP contribution in [0.25, 0.3) is 43.5 Å². The molecule has 0 saturated carbocycles. The summed E-state index contributed by atoms with van der Waals surface area (Å²) in [5.41, 5.74) is 12.2. The maximum absolute atomic E-state index is 9.93. The molecule has 0 saturated heterocycles. The first-order valence-electron chi connectivity index (χ1n) is 24.9. The van der Waals surface area contributed by atoms with Crippen molar-refractivity contribution in [3.05, 3.63) is 233 Å². The van der Waals surface area contributed by atoms with Crippen LogP contribution in [0, 0.1) is 12.8 Å². The Morgan fingerprint density at radius 1 is 0.638 bits per heavy atom. The molecular formula is C64H72N4O. The number of amides is 1. The zero-order chi connectivity index (χ0) is 49.0. The fraction of sp³-hybridized carbons (Fsp3) is 0.250. The highest BCUT2D eigenvalue weighted by Crippen LogP contribution is 2.26. The molecular weight excluding hydrogens is 841 g/mol. The van der Waals surface area contributed by atoms with Crippen LogP contribution >= 0.6 is 0 Å². The van der Waals surface area contributed by atoms with Crippen LogP contribution in [0.1, 0.15) is 93.6 Å². The van der Waals surface area contributed by atoms with E-state index in [1.54, 1.807) is 11.1 Å². The molecule has 5 heteroatoms. The van der Waals surface area contributed by atoms with Crippen LogP contribution in [0.2, 0.25) is 0 Å². The average Bonchev–Trinajstić information content (AvgIpc) is 4.08. The van der Waals surface area contributed by atoms with E-state index >= 15 is 0 Å². The summed E-state index contributed by atoms with van der Waals surface area (Å²) in [5, 5.41) is 9.33. The Hall–Kier alpha value is -7.24. The molecule has 2 N–H and O–H groups in total. The zero-order valence-electron chi connectivity index (χ0n) is 42.2. The molecule has 354 valence electrons. The lowest BCUT2D eigenvalue weighted by Crippen LogP contribution is -2.18. The van der Waals surface area contributed by atoms with E-state index in [9.17, 15) is 4.79 Å². The largest absolute Gasteiger partial charge is 0.361 e. The van der Waals surface area contributed by atoms with Crippen molar-refractivity contribution in [3.63, 3.8) is 0 Å². The fourth-order valence-corrected chi connectivity index (χ4v) is 8.78. The predicted molar refractivity (Wildman–Crippen MR) is 296 cm³/mol. The van der Waals surface area contributed by atoms with Crippen LogP contribution in [0.4, 0.5) is 0 Å². The number of carbonyl (C=O) groups excluding carboxylic acids is 1. The monoisotopic (exact) mass is 913 g/mol. The van der Waals surface area contributed by atoms with Crippen LogP contribution in [0.3, 0.4) is 0 Å². The van der Waals surface area contributed by atoms with Crippen LogP contribution in [-0.4, -0.2) is 27.0 Å². The number of aromatic nitrogens is 3. The van der Waals surface area contributed by atoms with E-state index in [-0.39, 0.29) is 5.91 Å². The van der Waals surface area contributed by atoms with Crippen LogP contribution < -0.4 is 5.32 Å². The molecule has 10 aromatic rings. The van der Waals surface area contributed by atoms with Crippen molar-refractivity contribution in [3.8, 4) is 0 Å². The van der Waals surface area contributed by atoms with Gasteiger partial charge < -0.3 is 14.9 Å². The normalized spacial score (nSPS) is 11.4. The molecule has 0 aliphatic heterocycles. The van der Waals surface area contributed by atoms with Gasteiger partial charge in [0, 0.05) is 37.1 Å². The van der Waals surface area contributed by atoms with Gasteiger partial charge in [-0.05, 0) is 124 Å². The molecule has 1 aliphatic carbocycles. The molecule has 5 nitrogen and oxygen atoms in total. The smallest absolute Gasteiger partial charge is 0.216 e. The Morgan fingerprint density at radius 2 is 1.22 bits per heavy atom. The number of hydrogen-bond acceptors (Lipinski definition) is 2. The summed E-state index contributed by atoms with van der Waals surface area (Å²) in [4.78, 5) is 17.7. The highest BCUT2D eigenvalue weighted by molar-refractivity contribution is 5.86. The van der Waals surface area contributed by atoms with E-state index in [1.807, 2.05) is 19.1 Å². The minimum atomic E-state index is 0.0394. The van der Waals surface area contributed by atoms with E-state index in [4.69, 9.17) is 0 Å². The Labute approximate surface area is 411 Å². The minimum Gasteiger partial charge on any atom is -0.361 e. The van der Waals surface area contributed by atoms with Gasteiger partial charge in [0.15, 0.2) is 0 Å². The Balaban J connectivity index is 0.000000139. The van der Waals surface area contributed by atoms with Crippen molar-refractivity contribution in [1.82, 2.24) is 19.9 Å². The SMILES string of the molecule is CC(C)c1ccc2ccccc2c1.CC1Cc2ccccc2C1.CCNC(C)=O.CCc1c[nH]c2ccccc12.CCc1cccc2ccccc12.Cc1nc2ccccc2n1Cc1ccccc1. The van der Waals surface area contributed by atoms with Gasteiger partial charge in [-0.3, -0.25) is 4.79 Å². The zero-order valence-corrected chi connectivity index (χ0v) is 42.2.